The zero-order valence-corrected chi connectivity index (χ0v) is 16.4. The van der Waals surface area contributed by atoms with E-state index in [9.17, 15) is 9.59 Å². The number of nitrogens with one attached hydrogen (secondary N) is 1. The summed E-state index contributed by atoms with van der Waals surface area (Å²) in [6, 6.07) is 8.65. The van der Waals surface area contributed by atoms with Crippen LogP contribution in [0.25, 0.3) is 0 Å². The first-order valence-corrected chi connectivity index (χ1v) is 10.3. The van der Waals surface area contributed by atoms with E-state index < -0.39 is 6.04 Å². The number of carbonyl (C=O) groups is 2. The largest absolute Gasteiger partial charge is 0.484 e. The minimum atomic E-state index is -0.519. The van der Waals surface area contributed by atoms with E-state index in [1.165, 1.54) is 0 Å². The zero-order valence-electron chi connectivity index (χ0n) is 15.6. The van der Waals surface area contributed by atoms with Gasteiger partial charge in [0.2, 0.25) is 5.91 Å². The van der Waals surface area contributed by atoms with E-state index in [-0.39, 0.29) is 23.8 Å². The minimum absolute atomic E-state index is 0.0238. The molecule has 0 radical (unpaired) electrons. The summed E-state index contributed by atoms with van der Waals surface area (Å²) >= 11 is 1.66. The number of rotatable bonds is 9. The molecule has 0 saturated carbocycles. The Balaban J connectivity index is 1.91. The van der Waals surface area contributed by atoms with Crippen molar-refractivity contribution in [3.05, 3.63) is 30.3 Å². The Hall–Kier alpha value is -1.73. The van der Waals surface area contributed by atoms with E-state index in [0.717, 1.165) is 12.2 Å². The van der Waals surface area contributed by atoms with Gasteiger partial charge in [0.1, 0.15) is 11.8 Å². The quantitative estimate of drug-likeness (QED) is 0.679. The Morgan fingerprint density at radius 3 is 2.73 bits per heavy atom. The first kappa shape index (κ1) is 20.6. The van der Waals surface area contributed by atoms with E-state index in [0.29, 0.717) is 31.8 Å². The maximum Gasteiger partial charge on any atom is 0.258 e. The number of nitrogens with zero attached hydrogens (tertiary/aromatic N) is 1. The second kappa shape index (κ2) is 9.83. The van der Waals surface area contributed by atoms with Crippen LogP contribution < -0.4 is 15.8 Å². The summed E-state index contributed by atoms with van der Waals surface area (Å²) in [5, 5.41) is 2.84. The summed E-state index contributed by atoms with van der Waals surface area (Å²) in [5.41, 5.74) is 5.81. The molecule has 3 N–H and O–H groups in total. The van der Waals surface area contributed by atoms with Crippen LogP contribution in [0.5, 0.6) is 5.75 Å². The van der Waals surface area contributed by atoms with Crippen molar-refractivity contribution in [2.45, 2.75) is 25.8 Å². The lowest BCUT2D eigenvalue weighted by molar-refractivity contribution is -0.136. The molecule has 1 fully saturated rings. The number of likely N-dealkylation sites (tertiary alicyclic amines) is 1. The molecule has 0 aliphatic carbocycles. The molecule has 1 aliphatic rings. The summed E-state index contributed by atoms with van der Waals surface area (Å²) < 4.78 is 5.47. The zero-order chi connectivity index (χ0) is 19.0. The van der Waals surface area contributed by atoms with Crippen LogP contribution in [0, 0.1) is 5.41 Å². The van der Waals surface area contributed by atoms with Gasteiger partial charge in [0.15, 0.2) is 6.61 Å². The molecular weight excluding hydrogens is 350 g/mol. The molecule has 2 unspecified atom stereocenters. The van der Waals surface area contributed by atoms with Gasteiger partial charge in [0.25, 0.3) is 5.91 Å². The highest BCUT2D eigenvalue weighted by atomic mass is 32.2. The number of thioether (sulfide) groups is 1. The Kier molecular flexibility index (Phi) is 7.78. The number of nitrogens with two attached hydrogens (primary N) is 1. The number of hydrogen-bond acceptors (Lipinski definition) is 5. The Morgan fingerprint density at radius 1 is 1.38 bits per heavy atom. The lowest BCUT2D eigenvalue weighted by Crippen LogP contribution is -2.50. The van der Waals surface area contributed by atoms with Crippen molar-refractivity contribution < 1.29 is 14.3 Å². The maximum atomic E-state index is 12.9. The summed E-state index contributed by atoms with van der Waals surface area (Å²) in [5.74, 6) is 1.13. The van der Waals surface area contributed by atoms with Gasteiger partial charge in [-0.15, -0.1) is 0 Å². The highest BCUT2D eigenvalue weighted by Crippen LogP contribution is 2.29. The van der Waals surface area contributed by atoms with Crippen molar-refractivity contribution in [1.82, 2.24) is 10.2 Å². The third kappa shape index (κ3) is 5.92. The van der Waals surface area contributed by atoms with Crippen molar-refractivity contribution in [3.63, 3.8) is 0 Å². The molecule has 1 heterocycles. The van der Waals surface area contributed by atoms with E-state index >= 15 is 0 Å². The van der Waals surface area contributed by atoms with Gasteiger partial charge in [-0.1, -0.05) is 25.1 Å². The van der Waals surface area contributed by atoms with Gasteiger partial charge in [0.05, 0.1) is 0 Å². The lowest BCUT2D eigenvalue weighted by atomic mass is 9.90. The van der Waals surface area contributed by atoms with Crippen molar-refractivity contribution in [3.8, 4) is 5.75 Å². The van der Waals surface area contributed by atoms with Gasteiger partial charge in [-0.2, -0.15) is 11.8 Å². The molecule has 1 saturated heterocycles. The topological polar surface area (TPSA) is 84.7 Å². The molecule has 144 valence electrons. The molecular formula is C19H29N3O3S. The average Bonchev–Trinajstić information content (AvgIpc) is 3.06. The second-order valence-corrected chi connectivity index (χ2v) is 8.01. The number of benzene rings is 1. The van der Waals surface area contributed by atoms with Gasteiger partial charge in [-0.3, -0.25) is 9.59 Å². The molecule has 0 bridgehead atoms. The summed E-state index contributed by atoms with van der Waals surface area (Å²) in [6.07, 6.45) is 3.49. The molecule has 2 atom stereocenters. The fraction of sp³-hybridized carbons (Fsp3) is 0.579. The van der Waals surface area contributed by atoms with Crippen LogP contribution in [0.2, 0.25) is 0 Å². The number of hydrogen-bond donors (Lipinski definition) is 2. The monoisotopic (exact) mass is 379 g/mol. The third-order valence-corrected chi connectivity index (χ3v) is 5.36. The molecule has 1 aromatic rings. The van der Waals surface area contributed by atoms with Crippen molar-refractivity contribution in [2.24, 2.45) is 11.1 Å². The molecule has 6 nitrogen and oxygen atoms in total. The standard InChI is InChI=1S/C19H29N3O3S/c1-19(13-20)9-10-22(14-19)18(24)16(8-11-26-2)21-17(23)12-25-15-6-4-3-5-7-15/h3-7,16H,8-14,20H2,1-2H3,(H,21,23). The van der Waals surface area contributed by atoms with E-state index in [4.69, 9.17) is 10.5 Å². The summed E-state index contributed by atoms with van der Waals surface area (Å²) in [6.45, 7) is 3.90. The molecule has 0 aromatic heterocycles. The minimum Gasteiger partial charge on any atom is -0.484 e. The van der Waals surface area contributed by atoms with Crippen LogP contribution in [-0.2, 0) is 9.59 Å². The molecule has 7 heteroatoms. The van der Waals surface area contributed by atoms with Crippen LogP contribution in [0.3, 0.4) is 0 Å². The van der Waals surface area contributed by atoms with E-state index in [1.807, 2.05) is 29.4 Å². The lowest BCUT2D eigenvalue weighted by Gasteiger charge is -2.26. The van der Waals surface area contributed by atoms with Crippen molar-refractivity contribution >= 4 is 23.6 Å². The van der Waals surface area contributed by atoms with Gasteiger partial charge >= 0.3 is 0 Å². The highest BCUT2D eigenvalue weighted by Gasteiger charge is 2.37. The smallest absolute Gasteiger partial charge is 0.258 e. The molecule has 1 aliphatic heterocycles. The highest BCUT2D eigenvalue weighted by molar-refractivity contribution is 7.98. The third-order valence-electron chi connectivity index (χ3n) is 4.72. The Bertz CT molecular complexity index is 599. The predicted molar refractivity (Wildman–Crippen MR) is 105 cm³/mol. The van der Waals surface area contributed by atoms with Crippen LogP contribution in [0.4, 0.5) is 0 Å². The van der Waals surface area contributed by atoms with Crippen LogP contribution >= 0.6 is 11.8 Å². The molecule has 26 heavy (non-hydrogen) atoms. The SMILES string of the molecule is CSCCC(NC(=O)COc1ccccc1)C(=O)N1CCC(C)(CN)C1. The van der Waals surface area contributed by atoms with Crippen molar-refractivity contribution in [2.75, 3.05) is 38.2 Å². The van der Waals surface area contributed by atoms with Gasteiger partial charge < -0.3 is 20.7 Å². The second-order valence-electron chi connectivity index (χ2n) is 7.03. The average molecular weight is 380 g/mol. The number of carbonyl (C=O) groups excluding carboxylic acids is 2. The Labute approximate surface area is 159 Å². The van der Waals surface area contributed by atoms with E-state index in [2.05, 4.69) is 12.2 Å². The van der Waals surface area contributed by atoms with Gasteiger partial charge in [-0.05, 0) is 48.9 Å². The fourth-order valence-electron chi connectivity index (χ4n) is 2.99. The maximum absolute atomic E-state index is 12.9. The molecule has 2 rings (SSSR count). The van der Waals surface area contributed by atoms with Crippen molar-refractivity contribution in [1.29, 1.82) is 0 Å². The van der Waals surface area contributed by atoms with Gasteiger partial charge in [-0.25, -0.2) is 0 Å². The summed E-state index contributed by atoms with van der Waals surface area (Å²) in [7, 11) is 0. The number of ether oxygens (including phenoxy) is 1. The fourth-order valence-corrected chi connectivity index (χ4v) is 3.46. The first-order valence-electron chi connectivity index (χ1n) is 8.92. The molecule has 0 spiro atoms. The van der Waals surface area contributed by atoms with Crippen LogP contribution in [0.15, 0.2) is 30.3 Å². The number of para-hydroxylation sites is 1. The first-order chi connectivity index (χ1) is 12.5. The van der Waals surface area contributed by atoms with Crippen LogP contribution in [0.1, 0.15) is 19.8 Å². The molecule has 2 amide bonds. The predicted octanol–water partition coefficient (Wildman–Crippen LogP) is 1.50. The summed E-state index contributed by atoms with van der Waals surface area (Å²) in [4.78, 5) is 27.0. The van der Waals surface area contributed by atoms with E-state index in [1.54, 1.807) is 23.9 Å². The molecule has 1 aromatic carbocycles. The van der Waals surface area contributed by atoms with Gasteiger partial charge in [0, 0.05) is 13.1 Å². The number of amides is 2. The Morgan fingerprint density at radius 2 is 2.12 bits per heavy atom. The van der Waals surface area contributed by atoms with Crippen LogP contribution in [-0.4, -0.2) is 61.0 Å². The normalized spacial score (nSPS) is 20.7.